The predicted octanol–water partition coefficient (Wildman–Crippen LogP) is 2.47. The van der Waals surface area contributed by atoms with E-state index >= 15 is 0 Å². The minimum absolute atomic E-state index is 0.00443. The van der Waals surface area contributed by atoms with Crippen LogP contribution in [0.2, 0.25) is 0 Å². The highest BCUT2D eigenvalue weighted by Gasteiger charge is 2.35. The summed E-state index contributed by atoms with van der Waals surface area (Å²) in [5.74, 6) is 0.913. The maximum Gasteiger partial charge on any atom is 0.234 e. The van der Waals surface area contributed by atoms with E-state index < -0.39 is 0 Å². The molecule has 1 amide bonds. The van der Waals surface area contributed by atoms with Crippen molar-refractivity contribution in [3.05, 3.63) is 23.3 Å². The first-order chi connectivity index (χ1) is 10.5. The van der Waals surface area contributed by atoms with E-state index in [2.05, 4.69) is 44.9 Å². The van der Waals surface area contributed by atoms with Crippen LogP contribution < -0.4 is 5.32 Å². The molecule has 0 aliphatic heterocycles. The normalized spacial score (nSPS) is 20.3. The van der Waals surface area contributed by atoms with Crippen molar-refractivity contribution in [2.75, 3.05) is 20.6 Å². The Morgan fingerprint density at radius 1 is 1.39 bits per heavy atom. The smallest absolute Gasteiger partial charge is 0.234 e. The fraction of sp³-hybridized carbons (Fsp3) is 0.722. The van der Waals surface area contributed by atoms with Crippen molar-refractivity contribution < 1.29 is 4.79 Å². The number of likely N-dealkylation sites (N-methyl/N-ethyl adjacent to an activating group) is 1. The van der Waals surface area contributed by atoms with Gasteiger partial charge in [0.05, 0.1) is 12.6 Å². The Kier molecular flexibility index (Phi) is 4.81. The molecule has 23 heavy (non-hydrogen) atoms. The third-order valence-electron chi connectivity index (χ3n) is 4.14. The van der Waals surface area contributed by atoms with Crippen LogP contribution in [0.15, 0.2) is 6.20 Å². The van der Waals surface area contributed by atoms with Gasteiger partial charge in [-0.05, 0) is 32.4 Å². The number of rotatable bonds is 3. The molecule has 1 aromatic rings. The van der Waals surface area contributed by atoms with Crippen molar-refractivity contribution >= 4 is 5.91 Å². The summed E-state index contributed by atoms with van der Waals surface area (Å²) in [6.07, 6.45) is 3.75. The largest absolute Gasteiger partial charge is 0.348 e. The van der Waals surface area contributed by atoms with Crippen LogP contribution in [0.5, 0.6) is 0 Å². The van der Waals surface area contributed by atoms with Gasteiger partial charge in [-0.2, -0.15) is 0 Å². The zero-order valence-electron chi connectivity index (χ0n) is 15.5. The first-order valence-corrected chi connectivity index (χ1v) is 8.28. The van der Waals surface area contributed by atoms with Gasteiger partial charge in [-0.15, -0.1) is 0 Å². The average molecular weight is 318 g/mol. The predicted molar refractivity (Wildman–Crippen MR) is 92.3 cm³/mol. The van der Waals surface area contributed by atoms with E-state index in [1.165, 1.54) is 0 Å². The van der Waals surface area contributed by atoms with Crippen LogP contribution in [0.3, 0.4) is 0 Å². The third-order valence-corrected chi connectivity index (χ3v) is 4.14. The lowest BCUT2D eigenvalue weighted by Gasteiger charge is -2.37. The second-order valence-electron chi connectivity index (χ2n) is 8.75. The standard InChI is InChI=1S/C18H30N4O/c1-17(2,3)16-19-10-12-13(20-15(23)11-22(6)7)8-18(4,5)9-14(12)21-16/h10,13H,8-9,11H2,1-7H3,(H,20,23). The molecule has 0 saturated heterocycles. The fourth-order valence-corrected chi connectivity index (χ4v) is 3.06. The molecule has 1 aliphatic carbocycles. The van der Waals surface area contributed by atoms with Crippen molar-refractivity contribution in [1.29, 1.82) is 0 Å². The highest BCUT2D eigenvalue weighted by atomic mass is 16.2. The molecule has 0 bridgehead atoms. The average Bonchev–Trinajstić information content (AvgIpc) is 2.34. The zero-order valence-corrected chi connectivity index (χ0v) is 15.5. The van der Waals surface area contributed by atoms with E-state index in [9.17, 15) is 4.79 Å². The highest BCUT2D eigenvalue weighted by molar-refractivity contribution is 5.78. The summed E-state index contributed by atoms with van der Waals surface area (Å²) in [4.78, 5) is 23.4. The second kappa shape index (κ2) is 6.19. The topological polar surface area (TPSA) is 58.1 Å². The monoisotopic (exact) mass is 318 g/mol. The Balaban J connectivity index is 2.31. The van der Waals surface area contributed by atoms with Gasteiger partial charge in [0.2, 0.25) is 5.91 Å². The van der Waals surface area contributed by atoms with Crippen molar-refractivity contribution in [2.45, 2.75) is 58.9 Å². The summed E-state index contributed by atoms with van der Waals surface area (Å²) in [6, 6.07) is -0.00443. The third kappa shape index (κ3) is 4.50. The summed E-state index contributed by atoms with van der Waals surface area (Å²) in [5.41, 5.74) is 2.20. The SMILES string of the molecule is CN(C)CC(=O)NC1CC(C)(C)Cc2nc(C(C)(C)C)ncc21. The molecule has 0 radical (unpaired) electrons. The van der Waals surface area contributed by atoms with Gasteiger partial charge in [0, 0.05) is 22.9 Å². The number of fused-ring (bicyclic) bond motifs is 1. The maximum absolute atomic E-state index is 12.2. The van der Waals surface area contributed by atoms with E-state index in [-0.39, 0.29) is 22.8 Å². The summed E-state index contributed by atoms with van der Waals surface area (Å²) in [7, 11) is 3.80. The summed E-state index contributed by atoms with van der Waals surface area (Å²) < 4.78 is 0. The summed E-state index contributed by atoms with van der Waals surface area (Å²) in [6.45, 7) is 11.2. The minimum Gasteiger partial charge on any atom is -0.348 e. The Bertz CT molecular complexity index is 587. The Hall–Kier alpha value is -1.49. The quantitative estimate of drug-likeness (QED) is 0.930. The van der Waals surface area contributed by atoms with Crippen LogP contribution in [0.25, 0.3) is 0 Å². The Morgan fingerprint density at radius 3 is 2.61 bits per heavy atom. The van der Waals surface area contributed by atoms with Crippen molar-refractivity contribution in [3.8, 4) is 0 Å². The molecular formula is C18H30N4O. The molecular weight excluding hydrogens is 288 g/mol. The van der Waals surface area contributed by atoms with Crippen LogP contribution in [-0.4, -0.2) is 41.4 Å². The number of carbonyl (C=O) groups is 1. The zero-order chi connectivity index (χ0) is 17.4. The van der Waals surface area contributed by atoms with E-state index in [1.807, 2.05) is 25.2 Å². The molecule has 1 aromatic heterocycles. The van der Waals surface area contributed by atoms with Gasteiger partial charge in [0.1, 0.15) is 5.82 Å². The van der Waals surface area contributed by atoms with Crippen LogP contribution >= 0.6 is 0 Å². The van der Waals surface area contributed by atoms with Gasteiger partial charge in [-0.1, -0.05) is 34.6 Å². The van der Waals surface area contributed by atoms with Gasteiger partial charge in [-0.25, -0.2) is 9.97 Å². The van der Waals surface area contributed by atoms with Crippen LogP contribution in [0, 0.1) is 5.41 Å². The van der Waals surface area contributed by atoms with E-state index in [1.54, 1.807) is 0 Å². The van der Waals surface area contributed by atoms with Gasteiger partial charge < -0.3 is 10.2 Å². The Labute approximate surface area is 139 Å². The number of aromatic nitrogens is 2. The van der Waals surface area contributed by atoms with Crippen molar-refractivity contribution in [2.24, 2.45) is 5.41 Å². The van der Waals surface area contributed by atoms with Gasteiger partial charge in [0.15, 0.2) is 0 Å². The van der Waals surface area contributed by atoms with Crippen LogP contribution in [0.1, 0.15) is 64.2 Å². The maximum atomic E-state index is 12.2. The molecule has 1 N–H and O–H groups in total. The molecule has 1 unspecified atom stereocenters. The fourth-order valence-electron chi connectivity index (χ4n) is 3.06. The number of hydrogen-bond donors (Lipinski definition) is 1. The van der Waals surface area contributed by atoms with Crippen molar-refractivity contribution in [1.82, 2.24) is 20.2 Å². The van der Waals surface area contributed by atoms with Crippen LogP contribution in [-0.2, 0) is 16.6 Å². The number of amides is 1. The number of carbonyl (C=O) groups excluding carboxylic acids is 1. The summed E-state index contributed by atoms with van der Waals surface area (Å²) in [5, 5.41) is 3.16. The van der Waals surface area contributed by atoms with E-state index in [4.69, 9.17) is 4.98 Å². The molecule has 1 atom stereocenters. The lowest BCUT2D eigenvalue weighted by molar-refractivity contribution is -0.122. The number of nitrogens with zero attached hydrogens (tertiary/aromatic N) is 3. The highest BCUT2D eigenvalue weighted by Crippen LogP contribution is 2.40. The van der Waals surface area contributed by atoms with Gasteiger partial charge >= 0.3 is 0 Å². The van der Waals surface area contributed by atoms with Crippen LogP contribution in [0.4, 0.5) is 0 Å². The van der Waals surface area contributed by atoms with E-state index in [0.717, 1.165) is 29.9 Å². The first kappa shape index (κ1) is 17.9. The molecule has 5 heteroatoms. The number of nitrogens with one attached hydrogen (secondary N) is 1. The molecule has 0 aromatic carbocycles. The molecule has 5 nitrogen and oxygen atoms in total. The van der Waals surface area contributed by atoms with Crippen molar-refractivity contribution in [3.63, 3.8) is 0 Å². The minimum atomic E-state index is -0.0692. The Morgan fingerprint density at radius 2 is 2.04 bits per heavy atom. The molecule has 1 aliphatic rings. The van der Waals surface area contributed by atoms with E-state index in [0.29, 0.717) is 6.54 Å². The first-order valence-electron chi connectivity index (χ1n) is 8.28. The van der Waals surface area contributed by atoms with Gasteiger partial charge in [0.25, 0.3) is 0 Å². The molecule has 128 valence electrons. The molecule has 2 rings (SSSR count). The molecule has 1 heterocycles. The lowest BCUT2D eigenvalue weighted by Crippen LogP contribution is -2.40. The molecule has 0 spiro atoms. The molecule has 0 saturated carbocycles. The van der Waals surface area contributed by atoms with Gasteiger partial charge in [-0.3, -0.25) is 4.79 Å². The summed E-state index contributed by atoms with van der Waals surface area (Å²) >= 11 is 0. The lowest BCUT2D eigenvalue weighted by atomic mass is 9.74. The number of hydrogen-bond acceptors (Lipinski definition) is 4. The second-order valence-corrected chi connectivity index (χ2v) is 8.75. The molecule has 0 fully saturated rings.